The number of sulfonamides is 1. The number of anilines is 1. The Balaban J connectivity index is 1.99. The van der Waals surface area contributed by atoms with E-state index in [2.05, 4.69) is 12.2 Å². The molecule has 1 aromatic rings. The van der Waals surface area contributed by atoms with Gasteiger partial charge in [-0.15, -0.1) is 0 Å². The maximum absolute atomic E-state index is 12.0. The summed E-state index contributed by atoms with van der Waals surface area (Å²) < 4.78 is 25.2. The quantitative estimate of drug-likeness (QED) is 0.841. The lowest BCUT2D eigenvalue weighted by atomic mass is 10.0. The summed E-state index contributed by atoms with van der Waals surface area (Å²) in [6.45, 7) is 3.21. The molecule has 1 fully saturated rings. The van der Waals surface area contributed by atoms with Gasteiger partial charge in [-0.05, 0) is 48.9 Å². The van der Waals surface area contributed by atoms with Crippen LogP contribution in [0.3, 0.4) is 0 Å². The van der Waals surface area contributed by atoms with E-state index in [-0.39, 0.29) is 0 Å². The summed E-state index contributed by atoms with van der Waals surface area (Å²) in [5, 5.41) is 3.43. The van der Waals surface area contributed by atoms with E-state index in [4.69, 9.17) is 0 Å². The zero-order valence-electron chi connectivity index (χ0n) is 12.5. The molecule has 1 aliphatic carbocycles. The second kappa shape index (κ2) is 5.74. The second-order valence-corrected chi connectivity index (χ2v) is 8.07. The average molecular weight is 296 g/mol. The number of hydrogen-bond acceptors (Lipinski definition) is 3. The Labute approximate surface area is 122 Å². The van der Waals surface area contributed by atoms with Gasteiger partial charge in [0.15, 0.2) is 0 Å². The number of benzene rings is 1. The molecule has 0 radical (unpaired) electrons. The van der Waals surface area contributed by atoms with E-state index < -0.39 is 10.0 Å². The van der Waals surface area contributed by atoms with Crippen LogP contribution in [0.2, 0.25) is 0 Å². The average Bonchev–Trinajstić information content (AvgIpc) is 3.17. The van der Waals surface area contributed by atoms with Crippen molar-refractivity contribution in [2.75, 3.05) is 26.0 Å². The molecular formula is C15H24N2O2S. The molecule has 0 saturated heterocycles. The number of rotatable bonds is 7. The van der Waals surface area contributed by atoms with Crippen molar-refractivity contribution in [2.45, 2.75) is 37.5 Å². The summed E-state index contributed by atoms with van der Waals surface area (Å²) >= 11 is 0. The highest BCUT2D eigenvalue weighted by Crippen LogP contribution is 2.49. The third-order valence-electron chi connectivity index (χ3n) is 4.04. The molecule has 0 aromatic heterocycles. The second-order valence-electron chi connectivity index (χ2n) is 5.92. The molecule has 4 nitrogen and oxygen atoms in total. The van der Waals surface area contributed by atoms with Crippen LogP contribution in [0, 0.1) is 5.41 Å². The fourth-order valence-electron chi connectivity index (χ4n) is 2.47. The summed E-state index contributed by atoms with van der Waals surface area (Å²) in [6.07, 6.45) is 5.11. The highest BCUT2D eigenvalue weighted by Gasteiger charge is 2.40. The maximum atomic E-state index is 12.0. The lowest BCUT2D eigenvalue weighted by Crippen LogP contribution is -2.22. The van der Waals surface area contributed by atoms with E-state index in [1.54, 1.807) is 26.2 Å². The molecule has 1 aliphatic rings. The van der Waals surface area contributed by atoms with E-state index in [1.165, 1.54) is 30.0 Å². The van der Waals surface area contributed by atoms with Gasteiger partial charge in [-0.1, -0.05) is 13.3 Å². The fourth-order valence-corrected chi connectivity index (χ4v) is 3.37. The molecular weight excluding hydrogens is 272 g/mol. The van der Waals surface area contributed by atoms with Crippen LogP contribution in [0.15, 0.2) is 29.2 Å². The molecule has 112 valence electrons. The van der Waals surface area contributed by atoms with Crippen LogP contribution in [0.25, 0.3) is 0 Å². The Kier molecular flexibility index (Phi) is 4.39. The van der Waals surface area contributed by atoms with Crippen LogP contribution in [0.5, 0.6) is 0 Å². The lowest BCUT2D eigenvalue weighted by Gasteiger charge is -2.16. The van der Waals surface area contributed by atoms with Gasteiger partial charge in [0.1, 0.15) is 0 Å². The molecule has 0 unspecified atom stereocenters. The van der Waals surface area contributed by atoms with Crippen LogP contribution >= 0.6 is 0 Å². The molecule has 0 atom stereocenters. The molecule has 0 heterocycles. The predicted octanol–water partition coefficient (Wildman–Crippen LogP) is 2.93. The Bertz CT molecular complexity index is 546. The minimum atomic E-state index is -3.33. The first-order valence-electron chi connectivity index (χ1n) is 7.16. The van der Waals surface area contributed by atoms with Crippen molar-refractivity contribution < 1.29 is 8.42 Å². The Morgan fingerprint density at radius 3 is 2.25 bits per heavy atom. The Morgan fingerprint density at radius 2 is 1.80 bits per heavy atom. The molecule has 5 heteroatoms. The Hall–Kier alpha value is -1.07. The lowest BCUT2D eigenvalue weighted by molar-refractivity contribution is 0.485. The minimum absolute atomic E-state index is 0.336. The molecule has 0 amide bonds. The van der Waals surface area contributed by atoms with Gasteiger partial charge in [0, 0.05) is 26.3 Å². The van der Waals surface area contributed by atoms with E-state index in [9.17, 15) is 8.42 Å². The molecule has 1 N–H and O–H groups in total. The highest BCUT2D eigenvalue weighted by atomic mass is 32.2. The van der Waals surface area contributed by atoms with E-state index in [0.717, 1.165) is 12.2 Å². The van der Waals surface area contributed by atoms with Gasteiger partial charge in [0.2, 0.25) is 10.0 Å². The topological polar surface area (TPSA) is 49.4 Å². The summed E-state index contributed by atoms with van der Waals surface area (Å²) in [7, 11) is -0.238. The zero-order valence-corrected chi connectivity index (χ0v) is 13.3. The van der Waals surface area contributed by atoms with Gasteiger partial charge in [-0.25, -0.2) is 12.7 Å². The molecule has 1 aromatic carbocycles. The monoisotopic (exact) mass is 296 g/mol. The zero-order chi connectivity index (χ0) is 14.8. The van der Waals surface area contributed by atoms with Crippen LogP contribution in [-0.2, 0) is 10.0 Å². The van der Waals surface area contributed by atoms with Crippen molar-refractivity contribution in [1.29, 1.82) is 0 Å². The van der Waals surface area contributed by atoms with Crippen LogP contribution in [-0.4, -0.2) is 33.4 Å². The first-order valence-corrected chi connectivity index (χ1v) is 8.60. The highest BCUT2D eigenvalue weighted by molar-refractivity contribution is 7.89. The maximum Gasteiger partial charge on any atom is 0.242 e. The normalized spacial score (nSPS) is 17.2. The summed E-state index contributed by atoms with van der Waals surface area (Å²) in [4.78, 5) is 0.336. The summed E-state index contributed by atoms with van der Waals surface area (Å²) in [5.74, 6) is 0. The van der Waals surface area contributed by atoms with Crippen molar-refractivity contribution in [3.8, 4) is 0 Å². The van der Waals surface area contributed by atoms with Crippen LogP contribution in [0.1, 0.15) is 32.6 Å². The van der Waals surface area contributed by atoms with Crippen LogP contribution in [0.4, 0.5) is 5.69 Å². The molecule has 0 bridgehead atoms. The van der Waals surface area contributed by atoms with E-state index in [0.29, 0.717) is 10.3 Å². The summed E-state index contributed by atoms with van der Waals surface area (Å²) in [6, 6.07) is 7.02. The minimum Gasteiger partial charge on any atom is -0.384 e. The van der Waals surface area contributed by atoms with Crippen molar-refractivity contribution in [1.82, 2.24) is 4.31 Å². The van der Waals surface area contributed by atoms with Crippen molar-refractivity contribution >= 4 is 15.7 Å². The number of hydrogen-bond donors (Lipinski definition) is 1. The van der Waals surface area contributed by atoms with E-state index in [1.807, 2.05) is 12.1 Å². The van der Waals surface area contributed by atoms with Gasteiger partial charge < -0.3 is 5.32 Å². The van der Waals surface area contributed by atoms with Gasteiger partial charge in [-0.2, -0.15) is 0 Å². The molecule has 0 aliphatic heterocycles. The number of nitrogens with one attached hydrogen (secondary N) is 1. The van der Waals surface area contributed by atoms with Gasteiger partial charge in [-0.3, -0.25) is 0 Å². The molecule has 0 spiro atoms. The molecule has 1 saturated carbocycles. The first-order chi connectivity index (χ1) is 9.39. The number of nitrogens with zero attached hydrogens (tertiary/aromatic N) is 1. The van der Waals surface area contributed by atoms with Gasteiger partial charge in [0.05, 0.1) is 4.90 Å². The smallest absolute Gasteiger partial charge is 0.242 e. The van der Waals surface area contributed by atoms with E-state index >= 15 is 0 Å². The first kappa shape index (κ1) is 15.3. The van der Waals surface area contributed by atoms with Crippen LogP contribution < -0.4 is 5.32 Å². The Morgan fingerprint density at radius 1 is 1.20 bits per heavy atom. The van der Waals surface area contributed by atoms with Crippen molar-refractivity contribution in [3.05, 3.63) is 24.3 Å². The standard InChI is InChI=1S/C15H24N2O2S/c1-4-9-15(10-11-15)12-16-13-5-7-14(8-6-13)20(18,19)17(2)3/h5-8,16H,4,9-12H2,1-3H3. The third-order valence-corrected chi connectivity index (χ3v) is 5.87. The van der Waals surface area contributed by atoms with Crippen molar-refractivity contribution in [3.63, 3.8) is 0 Å². The third kappa shape index (κ3) is 3.33. The largest absolute Gasteiger partial charge is 0.384 e. The summed E-state index contributed by atoms with van der Waals surface area (Å²) in [5.41, 5.74) is 1.48. The van der Waals surface area contributed by atoms with Gasteiger partial charge in [0.25, 0.3) is 0 Å². The molecule has 2 rings (SSSR count). The fraction of sp³-hybridized carbons (Fsp3) is 0.600. The van der Waals surface area contributed by atoms with Gasteiger partial charge >= 0.3 is 0 Å². The SMILES string of the molecule is CCCC1(CNc2ccc(S(=O)(=O)N(C)C)cc2)CC1. The van der Waals surface area contributed by atoms with Crippen molar-refractivity contribution in [2.24, 2.45) is 5.41 Å². The predicted molar refractivity (Wildman–Crippen MR) is 82.4 cm³/mol. The molecule has 20 heavy (non-hydrogen) atoms.